The van der Waals surface area contributed by atoms with E-state index in [1.807, 2.05) is 0 Å². The van der Waals surface area contributed by atoms with Crippen LogP contribution in [0.1, 0.15) is 32.6 Å². The van der Waals surface area contributed by atoms with E-state index in [4.69, 9.17) is 17.3 Å². The highest BCUT2D eigenvalue weighted by Gasteiger charge is 2.30. The van der Waals surface area contributed by atoms with E-state index in [2.05, 4.69) is 16.6 Å². The molecule has 5 nitrogen and oxygen atoms in total. The molecule has 1 fully saturated rings. The molecule has 1 aromatic rings. The molecule has 0 unspecified atom stereocenters. The van der Waals surface area contributed by atoms with Crippen molar-refractivity contribution in [2.24, 2.45) is 5.41 Å². The quantitative estimate of drug-likeness (QED) is 0.892. The lowest BCUT2D eigenvalue weighted by atomic mass is 9.89. The molecule has 19 heavy (non-hydrogen) atoms. The summed E-state index contributed by atoms with van der Waals surface area (Å²) >= 11 is 5.79. The predicted molar refractivity (Wildman–Crippen MR) is 75.4 cm³/mol. The van der Waals surface area contributed by atoms with E-state index in [0.29, 0.717) is 6.54 Å². The van der Waals surface area contributed by atoms with E-state index in [9.17, 15) is 8.42 Å². The number of nitrogen functional groups attached to an aromatic ring is 1. The van der Waals surface area contributed by atoms with E-state index < -0.39 is 10.0 Å². The fraction of sp³-hybridized carbons (Fsp3) is 0.583. The fourth-order valence-electron chi connectivity index (χ4n) is 2.34. The SMILES string of the molecule is CC1(CNS(=O)(=O)c2cnc(N)c(Cl)c2)CCCC1. The highest BCUT2D eigenvalue weighted by molar-refractivity contribution is 7.89. The van der Waals surface area contributed by atoms with Crippen LogP contribution in [0.4, 0.5) is 5.82 Å². The lowest BCUT2D eigenvalue weighted by Gasteiger charge is -2.23. The number of halogens is 1. The molecule has 7 heteroatoms. The van der Waals surface area contributed by atoms with Crippen LogP contribution in [-0.2, 0) is 10.0 Å². The molecule has 106 valence electrons. The van der Waals surface area contributed by atoms with Crippen molar-refractivity contribution in [2.75, 3.05) is 12.3 Å². The first-order valence-electron chi connectivity index (χ1n) is 6.23. The number of anilines is 1. The zero-order valence-corrected chi connectivity index (χ0v) is 12.4. The smallest absolute Gasteiger partial charge is 0.242 e. The summed E-state index contributed by atoms with van der Waals surface area (Å²) in [5.41, 5.74) is 5.52. The summed E-state index contributed by atoms with van der Waals surface area (Å²) in [6.07, 6.45) is 5.65. The number of hydrogen-bond acceptors (Lipinski definition) is 4. The van der Waals surface area contributed by atoms with Crippen LogP contribution in [0.25, 0.3) is 0 Å². The second kappa shape index (κ2) is 5.26. The maximum Gasteiger partial charge on any atom is 0.242 e. The zero-order chi connectivity index (χ0) is 14.1. The predicted octanol–water partition coefficient (Wildman–Crippen LogP) is 2.18. The molecule has 1 aromatic heterocycles. The number of sulfonamides is 1. The molecule has 0 amide bonds. The standard InChI is InChI=1S/C12H18ClN3O2S/c1-12(4-2-3-5-12)8-16-19(17,18)9-6-10(13)11(14)15-7-9/h6-7,16H,2-5,8H2,1H3,(H2,14,15). The first-order valence-corrected chi connectivity index (χ1v) is 8.09. The molecule has 0 bridgehead atoms. The Morgan fingerprint density at radius 2 is 2.11 bits per heavy atom. The van der Waals surface area contributed by atoms with Crippen LogP contribution >= 0.6 is 11.6 Å². The number of hydrogen-bond donors (Lipinski definition) is 2. The number of nitrogens with zero attached hydrogens (tertiary/aromatic N) is 1. The summed E-state index contributed by atoms with van der Waals surface area (Å²) in [5, 5.41) is 0.148. The molecular formula is C12H18ClN3O2S. The average Bonchev–Trinajstić information content (AvgIpc) is 2.78. The first kappa shape index (κ1) is 14.6. The monoisotopic (exact) mass is 303 g/mol. The van der Waals surface area contributed by atoms with E-state index in [1.54, 1.807) is 0 Å². The Bertz CT molecular complexity index is 568. The molecule has 0 aliphatic heterocycles. The van der Waals surface area contributed by atoms with Gasteiger partial charge in [0.25, 0.3) is 0 Å². The number of nitrogens with two attached hydrogens (primary N) is 1. The van der Waals surface area contributed by atoms with Gasteiger partial charge in [0.15, 0.2) is 0 Å². The van der Waals surface area contributed by atoms with Gasteiger partial charge in [-0.2, -0.15) is 0 Å². The van der Waals surface area contributed by atoms with Crippen LogP contribution in [-0.4, -0.2) is 19.9 Å². The molecule has 0 radical (unpaired) electrons. The molecule has 0 spiro atoms. The van der Waals surface area contributed by atoms with Gasteiger partial charge in [-0.05, 0) is 24.3 Å². The van der Waals surface area contributed by atoms with Crippen LogP contribution in [0, 0.1) is 5.41 Å². The van der Waals surface area contributed by atoms with Gasteiger partial charge in [0.1, 0.15) is 10.7 Å². The summed E-state index contributed by atoms with van der Waals surface area (Å²) in [4.78, 5) is 3.82. The molecule has 0 aromatic carbocycles. The normalized spacial score (nSPS) is 18.6. The van der Waals surface area contributed by atoms with Gasteiger partial charge >= 0.3 is 0 Å². The van der Waals surface area contributed by atoms with Gasteiger partial charge in [0.2, 0.25) is 10.0 Å². The minimum atomic E-state index is -3.58. The van der Waals surface area contributed by atoms with Gasteiger partial charge < -0.3 is 5.73 Å². The molecule has 1 heterocycles. The van der Waals surface area contributed by atoms with Crippen molar-refractivity contribution < 1.29 is 8.42 Å². The molecule has 0 atom stereocenters. The summed E-state index contributed by atoms with van der Waals surface area (Å²) in [6.45, 7) is 2.55. The van der Waals surface area contributed by atoms with Gasteiger partial charge in [0, 0.05) is 12.7 Å². The number of nitrogens with one attached hydrogen (secondary N) is 1. The third kappa shape index (κ3) is 3.38. The Labute approximate surface area is 118 Å². The Hall–Kier alpha value is -0.850. The minimum Gasteiger partial charge on any atom is -0.382 e. The van der Waals surface area contributed by atoms with Crippen molar-refractivity contribution >= 4 is 27.4 Å². The molecule has 2 rings (SSSR count). The van der Waals surface area contributed by atoms with Crippen LogP contribution in [0.3, 0.4) is 0 Å². The molecule has 3 N–H and O–H groups in total. The average molecular weight is 304 g/mol. The second-order valence-corrected chi connectivity index (χ2v) is 7.55. The van der Waals surface area contributed by atoms with Crippen LogP contribution in [0.2, 0.25) is 5.02 Å². The van der Waals surface area contributed by atoms with Crippen LogP contribution in [0.5, 0.6) is 0 Å². The highest BCUT2D eigenvalue weighted by Crippen LogP contribution is 2.37. The Balaban J connectivity index is 2.11. The summed E-state index contributed by atoms with van der Waals surface area (Å²) in [6, 6.07) is 1.32. The number of pyridine rings is 1. The van der Waals surface area contributed by atoms with Gasteiger partial charge in [-0.15, -0.1) is 0 Å². The molecule has 1 saturated carbocycles. The van der Waals surface area contributed by atoms with E-state index in [-0.39, 0.29) is 21.2 Å². The highest BCUT2D eigenvalue weighted by atomic mass is 35.5. The maximum absolute atomic E-state index is 12.1. The van der Waals surface area contributed by atoms with Crippen molar-refractivity contribution in [1.82, 2.24) is 9.71 Å². The third-order valence-electron chi connectivity index (χ3n) is 3.65. The Morgan fingerprint density at radius 3 is 2.68 bits per heavy atom. The molecule has 0 saturated heterocycles. The number of aromatic nitrogens is 1. The third-order valence-corrected chi connectivity index (χ3v) is 5.33. The lowest BCUT2D eigenvalue weighted by molar-refractivity contribution is 0.336. The van der Waals surface area contributed by atoms with Crippen molar-refractivity contribution in [3.8, 4) is 0 Å². The molecule has 1 aliphatic carbocycles. The molecular weight excluding hydrogens is 286 g/mol. The van der Waals surface area contributed by atoms with Gasteiger partial charge in [-0.1, -0.05) is 31.4 Å². The maximum atomic E-state index is 12.1. The topological polar surface area (TPSA) is 85.1 Å². The van der Waals surface area contributed by atoms with Crippen molar-refractivity contribution in [3.05, 3.63) is 17.3 Å². The van der Waals surface area contributed by atoms with Gasteiger partial charge in [-0.3, -0.25) is 0 Å². The van der Waals surface area contributed by atoms with Crippen molar-refractivity contribution in [3.63, 3.8) is 0 Å². The van der Waals surface area contributed by atoms with Crippen molar-refractivity contribution in [2.45, 2.75) is 37.5 Å². The minimum absolute atomic E-state index is 0.0493. The number of rotatable bonds is 4. The van der Waals surface area contributed by atoms with Crippen molar-refractivity contribution in [1.29, 1.82) is 0 Å². The van der Waals surface area contributed by atoms with E-state index in [1.165, 1.54) is 12.3 Å². The summed E-state index contributed by atoms with van der Waals surface area (Å²) in [7, 11) is -3.58. The van der Waals surface area contributed by atoms with E-state index in [0.717, 1.165) is 25.7 Å². The summed E-state index contributed by atoms with van der Waals surface area (Å²) in [5.74, 6) is 0.128. The molecule has 1 aliphatic rings. The fourth-order valence-corrected chi connectivity index (χ4v) is 3.74. The zero-order valence-electron chi connectivity index (χ0n) is 10.8. The van der Waals surface area contributed by atoms with Crippen LogP contribution in [0.15, 0.2) is 17.2 Å². The second-order valence-electron chi connectivity index (χ2n) is 5.38. The first-order chi connectivity index (χ1) is 8.82. The lowest BCUT2D eigenvalue weighted by Crippen LogP contribution is -2.34. The van der Waals surface area contributed by atoms with Gasteiger partial charge in [-0.25, -0.2) is 18.1 Å². The largest absolute Gasteiger partial charge is 0.382 e. The van der Waals surface area contributed by atoms with E-state index >= 15 is 0 Å². The Kier molecular flexibility index (Phi) is 4.03. The van der Waals surface area contributed by atoms with Crippen LogP contribution < -0.4 is 10.5 Å². The van der Waals surface area contributed by atoms with Gasteiger partial charge in [0.05, 0.1) is 5.02 Å². The Morgan fingerprint density at radius 1 is 1.47 bits per heavy atom. The summed E-state index contributed by atoms with van der Waals surface area (Å²) < 4.78 is 26.9.